The summed E-state index contributed by atoms with van der Waals surface area (Å²) in [6.07, 6.45) is 7.40. The van der Waals surface area contributed by atoms with Gasteiger partial charge in [-0.05, 0) is 32.6 Å². The van der Waals surface area contributed by atoms with Crippen LogP contribution in [0.4, 0.5) is 0 Å². The predicted octanol–water partition coefficient (Wildman–Crippen LogP) is 0.791. The highest BCUT2D eigenvalue weighted by molar-refractivity contribution is 7.88. The number of carbonyl (C=O) groups is 1. The van der Waals surface area contributed by atoms with Crippen molar-refractivity contribution in [1.29, 1.82) is 0 Å². The number of amides is 1. The fourth-order valence-corrected chi connectivity index (χ4v) is 4.26. The average molecular weight is 331 g/mol. The fraction of sp³-hybridized carbons (Fsp3) is 0.933. The summed E-state index contributed by atoms with van der Waals surface area (Å²) >= 11 is 0. The van der Waals surface area contributed by atoms with Crippen molar-refractivity contribution in [2.45, 2.75) is 57.5 Å². The highest BCUT2D eigenvalue weighted by atomic mass is 32.2. The Morgan fingerprint density at radius 3 is 2.09 bits per heavy atom. The van der Waals surface area contributed by atoms with Crippen molar-refractivity contribution in [3.8, 4) is 0 Å². The van der Waals surface area contributed by atoms with Crippen LogP contribution in [0.1, 0.15) is 45.4 Å². The van der Waals surface area contributed by atoms with Gasteiger partial charge in [0, 0.05) is 32.2 Å². The number of likely N-dealkylation sites (tertiary alicyclic amines) is 2. The van der Waals surface area contributed by atoms with E-state index in [1.807, 2.05) is 11.8 Å². The Kier molecular flexibility index (Phi) is 6.23. The van der Waals surface area contributed by atoms with E-state index in [1.54, 1.807) is 0 Å². The van der Waals surface area contributed by atoms with E-state index < -0.39 is 10.0 Å². The van der Waals surface area contributed by atoms with E-state index >= 15 is 0 Å². The minimum Gasteiger partial charge on any atom is -0.341 e. The van der Waals surface area contributed by atoms with Gasteiger partial charge in [0.25, 0.3) is 0 Å². The third-order valence-electron chi connectivity index (χ3n) is 4.73. The molecule has 6 nitrogen and oxygen atoms in total. The highest BCUT2D eigenvalue weighted by Crippen LogP contribution is 2.17. The van der Waals surface area contributed by atoms with Crippen molar-refractivity contribution in [2.75, 3.05) is 32.4 Å². The highest BCUT2D eigenvalue weighted by Gasteiger charge is 2.30. The first-order valence-corrected chi connectivity index (χ1v) is 10.3. The van der Waals surface area contributed by atoms with Crippen molar-refractivity contribution in [3.63, 3.8) is 0 Å². The minimum absolute atomic E-state index is 0.00624. The summed E-state index contributed by atoms with van der Waals surface area (Å²) in [4.78, 5) is 16.8. The van der Waals surface area contributed by atoms with Crippen LogP contribution in [0.2, 0.25) is 0 Å². The lowest BCUT2D eigenvalue weighted by Gasteiger charge is -2.37. The van der Waals surface area contributed by atoms with E-state index in [9.17, 15) is 13.2 Å². The number of rotatable bonds is 4. The molecule has 0 saturated carbocycles. The smallest absolute Gasteiger partial charge is 0.239 e. The molecule has 0 spiro atoms. The lowest BCUT2D eigenvalue weighted by molar-refractivity contribution is -0.136. The second-order valence-corrected chi connectivity index (χ2v) is 8.40. The predicted molar refractivity (Wildman–Crippen MR) is 87.1 cm³/mol. The van der Waals surface area contributed by atoms with Crippen molar-refractivity contribution >= 4 is 15.9 Å². The fourth-order valence-electron chi connectivity index (χ4n) is 3.42. The van der Waals surface area contributed by atoms with Crippen LogP contribution < -0.4 is 4.72 Å². The number of hydrogen-bond donors (Lipinski definition) is 1. The topological polar surface area (TPSA) is 69.7 Å². The molecule has 2 heterocycles. The molecule has 2 fully saturated rings. The van der Waals surface area contributed by atoms with Gasteiger partial charge in [0.1, 0.15) is 0 Å². The van der Waals surface area contributed by atoms with Gasteiger partial charge in [-0.2, -0.15) is 0 Å². The molecule has 0 aliphatic carbocycles. The van der Waals surface area contributed by atoms with E-state index in [-0.39, 0.29) is 18.0 Å². The van der Waals surface area contributed by atoms with Crippen molar-refractivity contribution in [3.05, 3.63) is 0 Å². The van der Waals surface area contributed by atoms with Crippen LogP contribution in [0.25, 0.3) is 0 Å². The Hall–Kier alpha value is -0.660. The summed E-state index contributed by atoms with van der Waals surface area (Å²) in [7, 11) is -3.14. The molecule has 0 aromatic heterocycles. The van der Waals surface area contributed by atoms with Crippen LogP contribution in [0.5, 0.6) is 0 Å². The first-order chi connectivity index (χ1) is 10.4. The molecule has 2 aliphatic rings. The molecule has 0 radical (unpaired) electrons. The minimum atomic E-state index is -3.14. The number of carbonyl (C=O) groups excluding carboxylic acids is 1. The van der Waals surface area contributed by atoms with Gasteiger partial charge in [-0.25, -0.2) is 13.1 Å². The first kappa shape index (κ1) is 17.7. The number of nitrogens with zero attached hydrogens (tertiary/aromatic N) is 2. The molecule has 1 atom stereocenters. The molecular formula is C15H29N3O3S. The van der Waals surface area contributed by atoms with E-state index in [0.717, 1.165) is 51.9 Å². The molecule has 128 valence electrons. The van der Waals surface area contributed by atoms with Gasteiger partial charge in [0.15, 0.2) is 0 Å². The summed E-state index contributed by atoms with van der Waals surface area (Å²) in [6.45, 7) is 5.30. The van der Waals surface area contributed by atoms with E-state index in [2.05, 4.69) is 9.62 Å². The second-order valence-electron chi connectivity index (χ2n) is 6.62. The van der Waals surface area contributed by atoms with Crippen molar-refractivity contribution in [2.24, 2.45) is 0 Å². The Labute approximate surface area is 134 Å². The molecule has 1 N–H and O–H groups in total. The number of piperidine rings is 1. The van der Waals surface area contributed by atoms with E-state index in [0.29, 0.717) is 0 Å². The lowest BCUT2D eigenvalue weighted by atomic mass is 10.0. The lowest BCUT2D eigenvalue weighted by Crippen LogP contribution is -2.52. The van der Waals surface area contributed by atoms with Crippen LogP contribution in [0.15, 0.2) is 0 Å². The van der Waals surface area contributed by atoms with Crippen LogP contribution in [0, 0.1) is 0 Å². The SMILES string of the molecule is CC(C(=O)N1CCCCCC1)N1CCC(NS(C)(=O)=O)CC1. The summed E-state index contributed by atoms with van der Waals surface area (Å²) in [5.74, 6) is 0.233. The molecule has 1 amide bonds. The molecule has 2 rings (SSSR count). The van der Waals surface area contributed by atoms with Gasteiger partial charge in [-0.1, -0.05) is 12.8 Å². The van der Waals surface area contributed by atoms with Crippen molar-refractivity contribution < 1.29 is 13.2 Å². The normalized spacial score (nSPS) is 24.0. The molecule has 2 aliphatic heterocycles. The van der Waals surface area contributed by atoms with Crippen LogP contribution in [-0.4, -0.2) is 68.6 Å². The third-order valence-corrected chi connectivity index (χ3v) is 5.49. The zero-order valence-electron chi connectivity index (χ0n) is 13.8. The Balaban J connectivity index is 1.83. The van der Waals surface area contributed by atoms with Crippen LogP contribution in [-0.2, 0) is 14.8 Å². The second kappa shape index (κ2) is 7.75. The van der Waals surface area contributed by atoms with Gasteiger partial charge in [-0.15, -0.1) is 0 Å². The van der Waals surface area contributed by atoms with Gasteiger partial charge in [-0.3, -0.25) is 9.69 Å². The van der Waals surface area contributed by atoms with Crippen molar-refractivity contribution in [1.82, 2.24) is 14.5 Å². The van der Waals surface area contributed by atoms with Gasteiger partial charge >= 0.3 is 0 Å². The molecule has 22 heavy (non-hydrogen) atoms. The zero-order valence-corrected chi connectivity index (χ0v) is 14.6. The molecule has 0 aromatic rings. The molecular weight excluding hydrogens is 302 g/mol. The summed E-state index contributed by atoms with van der Waals surface area (Å²) < 4.78 is 25.2. The largest absolute Gasteiger partial charge is 0.341 e. The number of nitrogens with one attached hydrogen (secondary N) is 1. The molecule has 1 unspecified atom stereocenters. The molecule has 7 heteroatoms. The summed E-state index contributed by atoms with van der Waals surface area (Å²) in [6, 6.07) is -0.0935. The summed E-state index contributed by atoms with van der Waals surface area (Å²) in [5.41, 5.74) is 0. The Morgan fingerprint density at radius 2 is 1.59 bits per heavy atom. The van der Waals surface area contributed by atoms with E-state index in [1.165, 1.54) is 19.1 Å². The maximum atomic E-state index is 12.6. The Bertz CT molecular complexity index is 464. The molecule has 0 bridgehead atoms. The molecule has 0 aromatic carbocycles. The number of sulfonamides is 1. The Morgan fingerprint density at radius 1 is 1.05 bits per heavy atom. The van der Waals surface area contributed by atoms with Gasteiger partial charge < -0.3 is 4.90 Å². The van der Waals surface area contributed by atoms with Crippen LogP contribution in [0.3, 0.4) is 0 Å². The quantitative estimate of drug-likeness (QED) is 0.827. The monoisotopic (exact) mass is 331 g/mol. The third kappa shape index (κ3) is 5.21. The zero-order chi connectivity index (χ0) is 16.2. The standard InChI is InChI=1S/C15H29N3O3S/c1-13(15(19)18-9-5-3-4-6-10-18)17-11-7-14(8-12-17)16-22(2,20)21/h13-14,16H,3-12H2,1-2H3. The van der Waals surface area contributed by atoms with Crippen LogP contribution >= 0.6 is 0 Å². The maximum absolute atomic E-state index is 12.6. The average Bonchev–Trinajstić information content (AvgIpc) is 2.74. The maximum Gasteiger partial charge on any atom is 0.239 e. The summed E-state index contributed by atoms with van der Waals surface area (Å²) in [5, 5.41) is 0. The molecule has 2 saturated heterocycles. The van der Waals surface area contributed by atoms with E-state index in [4.69, 9.17) is 0 Å². The van der Waals surface area contributed by atoms with Gasteiger partial charge in [0.05, 0.1) is 12.3 Å². The first-order valence-electron chi connectivity index (χ1n) is 8.37. The number of hydrogen-bond acceptors (Lipinski definition) is 4. The van der Waals surface area contributed by atoms with Gasteiger partial charge in [0.2, 0.25) is 15.9 Å².